The number of rotatable bonds is 3. The van der Waals surface area contributed by atoms with E-state index in [1.807, 2.05) is 6.07 Å². The maximum atomic E-state index is 6.21. The normalized spacial score (nSPS) is 21.1. The van der Waals surface area contributed by atoms with Crippen molar-refractivity contribution in [1.29, 1.82) is 0 Å². The first-order valence-corrected chi connectivity index (χ1v) is 7.88. The molecule has 2 fully saturated rings. The van der Waals surface area contributed by atoms with Crippen LogP contribution < -0.4 is 15.5 Å². The molecule has 0 aromatic heterocycles. The highest BCUT2D eigenvalue weighted by molar-refractivity contribution is 6.30. The van der Waals surface area contributed by atoms with Crippen LogP contribution >= 0.6 is 11.6 Å². The molecule has 3 rings (SSSR count). The van der Waals surface area contributed by atoms with E-state index in [0.717, 1.165) is 63.9 Å². The molecule has 20 heavy (non-hydrogen) atoms. The third-order valence-corrected chi connectivity index (χ3v) is 4.34. The monoisotopic (exact) mass is 294 g/mol. The van der Waals surface area contributed by atoms with E-state index >= 15 is 0 Å². The highest BCUT2D eigenvalue weighted by Crippen LogP contribution is 2.26. The minimum Gasteiger partial charge on any atom is -0.369 e. The van der Waals surface area contributed by atoms with Crippen LogP contribution in [0.2, 0.25) is 5.02 Å². The average molecular weight is 295 g/mol. The van der Waals surface area contributed by atoms with E-state index in [0.29, 0.717) is 0 Å². The first kappa shape index (κ1) is 14.1. The Kier molecular flexibility index (Phi) is 4.78. The molecule has 0 radical (unpaired) electrons. The van der Waals surface area contributed by atoms with Gasteiger partial charge in [-0.25, -0.2) is 0 Å². The number of nitrogens with zero attached hydrogens (tertiary/aromatic N) is 2. The van der Waals surface area contributed by atoms with Crippen molar-refractivity contribution in [2.45, 2.75) is 6.54 Å². The molecule has 2 N–H and O–H groups in total. The van der Waals surface area contributed by atoms with E-state index in [-0.39, 0.29) is 0 Å². The van der Waals surface area contributed by atoms with E-state index in [1.54, 1.807) is 0 Å². The third-order valence-electron chi connectivity index (χ3n) is 4.11. The van der Waals surface area contributed by atoms with Gasteiger partial charge in [0.1, 0.15) is 0 Å². The fraction of sp³-hybridized carbons (Fsp3) is 0.600. The number of piperazine rings is 2. The van der Waals surface area contributed by atoms with Gasteiger partial charge in [-0.1, -0.05) is 17.7 Å². The molecule has 5 heteroatoms. The molecule has 0 atom stereocenters. The predicted octanol–water partition coefficient (Wildman–Crippen LogP) is 1.15. The molecular weight excluding hydrogens is 272 g/mol. The molecule has 2 aliphatic rings. The summed E-state index contributed by atoms with van der Waals surface area (Å²) in [4.78, 5) is 4.98. The largest absolute Gasteiger partial charge is 0.369 e. The van der Waals surface area contributed by atoms with Gasteiger partial charge in [0, 0.05) is 69.6 Å². The number of halogens is 1. The van der Waals surface area contributed by atoms with E-state index < -0.39 is 0 Å². The highest BCUT2D eigenvalue weighted by atomic mass is 35.5. The maximum Gasteiger partial charge on any atom is 0.0427 e. The smallest absolute Gasteiger partial charge is 0.0427 e. The van der Waals surface area contributed by atoms with Gasteiger partial charge in [0.15, 0.2) is 0 Å². The Morgan fingerprint density at radius 3 is 2.30 bits per heavy atom. The van der Waals surface area contributed by atoms with Crippen molar-refractivity contribution in [1.82, 2.24) is 15.5 Å². The van der Waals surface area contributed by atoms with E-state index in [2.05, 4.69) is 32.6 Å². The van der Waals surface area contributed by atoms with Crippen LogP contribution in [0.4, 0.5) is 5.69 Å². The minimum atomic E-state index is 0.836. The maximum absolute atomic E-state index is 6.21. The van der Waals surface area contributed by atoms with Gasteiger partial charge in [0.25, 0.3) is 0 Å². The second-order valence-corrected chi connectivity index (χ2v) is 5.97. The van der Waals surface area contributed by atoms with Crippen LogP contribution in [-0.2, 0) is 6.54 Å². The Labute approximate surface area is 126 Å². The minimum absolute atomic E-state index is 0.836. The molecule has 1 aromatic rings. The zero-order chi connectivity index (χ0) is 13.8. The Hall–Kier alpha value is -0.810. The van der Waals surface area contributed by atoms with Gasteiger partial charge < -0.3 is 15.5 Å². The average Bonchev–Trinajstić information content (AvgIpc) is 2.51. The van der Waals surface area contributed by atoms with Crippen molar-refractivity contribution in [3.8, 4) is 0 Å². The zero-order valence-electron chi connectivity index (χ0n) is 11.9. The summed E-state index contributed by atoms with van der Waals surface area (Å²) in [7, 11) is 0. The van der Waals surface area contributed by atoms with Gasteiger partial charge in [-0.3, -0.25) is 4.90 Å². The van der Waals surface area contributed by atoms with Gasteiger partial charge in [0.05, 0.1) is 0 Å². The first-order valence-electron chi connectivity index (χ1n) is 7.50. The Bertz CT molecular complexity index is 439. The van der Waals surface area contributed by atoms with Gasteiger partial charge in [-0.2, -0.15) is 0 Å². The number of anilines is 1. The van der Waals surface area contributed by atoms with Crippen LogP contribution in [0.3, 0.4) is 0 Å². The molecule has 0 aliphatic carbocycles. The summed E-state index contributed by atoms with van der Waals surface area (Å²) in [5, 5.41) is 7.65. The van der Waals surface area contributed by atoms with E-state index in [1.165, 1.54) is 11.3 Å². The standard InChI is InChI=1S/C15H23ClN4/c16-14-2-1-13(12-19-7-3-17-4-8-19)15(11-14)20-9-5-18-6-10-20/h1-2,11,17-18H,3-10,12H2. The van der Waals surface area contributed by atoms with Crippen LogP contribution in [0.5, 0.6) is 0 Å². The molecule has 110 valence electrons. The second-order valence-electron chi connectivity index (χ2n) is 5.54. The number of nitrogens with one attached hydrogen (secondary N) is 2. The van der Waals surface area contributed by atoms with Gasteiger partial charge in [0.2, 0.25) is 0 Å². The molecule has 2 heterocycles. The molecule has 4 nitrogen and oxygen atoms in total. The van der Waals surface area contributed by atoms with Gasteiger partial charge in [-0.15, -0.1) is 0 Å². The molecule has 0 amide bonds. The van der Waals surface area contributed by atoms with Crippen molar-refractivity contribution in [2.24, 2.45) is 0 Å². The van der Waals surface area contributed by atoms with Crippen LogP contribution in [-0.4, -0.2) is 57.3 Å². The van der Waals surface area contributed by atoms with Crippen molar-refractivity contribution in [3.63, 3.8) is 0 Å². The van der Waals surface area contributed by atoms with Gasteiger partial charge in [-0.05, 0) is 17.7 Å². The molecular formula is C15H23ClN4. The number of hydrogen-bond acceptors (Lipinski definition) is 4. The summed E-state index contributed by atoms with van der Waals surface area (Å²) >= 11 is 6.21. The molecule has 0 bridgehead atoms. The van der Waals surface area contributed by atoms with Crippen LogP contribution in [0.15, 0.2) is 18.2 Å². The fourth-order valence-electron chi connectivity index (χ4n) is 2.98. The molecule has 0 unspecified atom stereocenters. The number of benzene rings is 1. The van der Waals surface area contributed by atoms with Crippen LogP contribution in [0.25, 0.3) is 0 Å². The van der Waals surface area contributed by atoms with Crippen molar-refractivity contribution >= 4 is 17.3 Å². The third kappa shape index (κ3) is 3.44. The fourth-order valence-corrected chi connectivity index (χ4v) is 3.15. The molecule has 0 saturated carbocycles. The van der Waals surface area contributed by atoms with E-state index in [9.17, 15) is 0 Å². The topological polar surface area (TPSA) is 30.5 Å². The second kappa shape index (κ2) is 6.76. The van der Waals surface area contributed by atoms with E-state index in [4.69, 9.17) is 11.6 Å². The lowest BCUT2D eigenvalue weighted by atomic mass is 10.1. The van der Waals surface area contributed by atoms with Gasteiger partial charge >= 0.3 is 0 Å². The molecule has 2 aliphatic heterocycles. The molecule has 2 saturated heterocycles. The quantitative estimate of drug-likeness (QED) is 0.876. The van der Waals surface area contributed by atoms with Crippen molar-refractivity contribution < 1.29 is 0 Å². The summed E-state index contributed by atoms with van der Waals surface area (Å²) in [6.07, 6.45) is 0. The lowest BCUT2D eigenvalue weighted by molar-refractivity contribution is 0.233. The summed E-state index contributed by atoms with van der Waals surface area (Å²) < 4.78 is 0. The molecule has 1 aromatic carbocycles. The van der Waals surface area contributed by atoms with Crippen LogP contribution in [0.1, 0.15) is 5.56 Å². The first-order chi connectivity index (χ1) is 9.83. The lowest BCUT2D eigenvalue weighted by Crippen LogP contribution is -2.45. The number of hydrogen-bond donors (Lipinski definition) is 2. The Morgan fingerprint density at radius 1 is 0.950 bits per heavy atom. The lowest BCUT2D eigenvalue weighted by Gasteiger charge is -2.33. The Balaban J connectivity index is 1.77. The van der Waals surface area contributed by atoms with Crippen molar-refractivity contribution in [2.75, 3.05) is 57.3 Å². The summed E-state index contributed by atoms with van der Waals surface area (Å²) in [6, 6.07) is 6.34. The predicted molar refractivity (Wildman–Crippen MR) is 84.7 cm³/mol. The summed E-state index contributed by atoms with van der Waals surface area (Å²) in [5.74, 6) is 0. The molecule has 0 spiro atoms. The summed E-state index contributed by atoms with van der Waals surface area (Å²) in [5.41, 5.74) is 2.72. The zero-order valence-corrected chi connectivity index (χ0v) is 12.6. The summed E-state index contributed by atoms with van der Waals surface area (Å²) in [6.45, 7) is 9.71. The Morgan fingerprint density at radius 2 is 1.60 bits per heavy atom. The van der Waals surface area contributed by atoms with Crippen LogP contribution in [0, 0.1) is 0 Å². The van der Waals surface area contributed by atoms with Crippen molar-refractivity contribution in [3.05, 3.63) is 28.8 Å². The SMILES string of the molecule is Clc1ccc(CN2CCNCC2)c(N2CCNCC2)c1. The highest BCUT2D eigenvalue weighted by Gasteiger charge is 2.17.